The lowest BCUT2D eigenvalue weighted by molar-refractivity contribution is 0.102. The van der Waals surface area contributed by atoms with Gasteiger partial charge in [0, 0.05) is 24.7 Å². The Bertz CT molecular complexity index is 1370. The first-order valence-corrected chi connectivity index (χ1v) is 9.37. The third kappa shape index (κ3) is 2.81. The standard InChI is InChI=1S/C22H18N4O4/c1-13-8-9-26(15-6-7-17-18(10-15)30-12-29-17)22(28)19(13)21(27)24-16-5-3-4-14-11-23-25(2)20(14)16/h3-11H,12H2,1-2H3,(H,24,27). The van der Waals surface area contributed by atoms with Crippen molar-refractivity contribution in [3.8, 4) is 17.2 Å². The lowest BCUT2D eigenvalue weighted by atomic mass is 10.1. The number of carbonyl (C=O) groups excluding carboxylic acids is 1. The number of amides is 1. The zero-order valence-corrected chi connectivity index (χ0v) is 16.4. The van der Waals surface area contributed by atoms with Gasteiger partial charge in [0.15, 0.2) is 11.5 Å². The first kappa shape index (κ1) is 18.0. The van der Waals surface area contributed by atoms with E-state index < -0.39 is 11.5 Å². The number of anilines is 1. The number of aromatic nitrogens is 3. The molecule has 2 aromatic heterocycles. The molecule has 1 N–H and O–H groups in total. The highest BCUT2D eigenvalue weighted by molar-refractivity contribution is 6.08. The van der Waals surface area contributed by atoms with E-state index in [1.165, 1.54) is 4.57 Å². The molecule has 0 saturated heterocycles. The van der Waals surface area contributed by atoms with Crippen LogP contribution in [0, 0.1) is 6.92 Å². The molecule has 0 aliphatic carbocycles. The third-order valence-electron chi connectivity index (χ3n) is 5.17. The van der Waals surface area contributed by atoms with Crippen LogP contribution < -0.4 is 20.3 Å². The van der Waals surface area contributed by atoms with Crippen molar-refractivity contribution in [2.24, 2.45) is 7.05 Å². The summed E-state index contributed by atoms with van der Waals surface area (Å²) in [6, 6.07) is 12.5. The Labute approximate surface area is 171 Å². The maximum absolute atomic E-state index is 13.2. The number of carbonyl (C=O) groups is 1. The molecule has 1 aliphatic rings. The molecule has 4 aromatic rings. The number of para-hydroxylation sites is 1. The summed E-state index contributed by atoms with van der Waals surface area (Å²) >= 11 is 0. The summed E-state index contributed by atoms with van der Waals surface area (Å²) in [5, 5.41) is 8.00. The van der Waals surface area contributed by atoms with Gasteiger partial charge in [0.2, 0.25) is 6.79 Å². The van der Waals surface area contributed by atoms with Crippen LogP contribution in [0.15, 0.2) is 59.7 Å². The number of nitrogens with one attached hydrogen (secondary N) is 1. The van der Waals surface area contributed by atoms with E-state index in [4.69, 9.17) is 9.47 Å². The summed E-state index contributed by atoms with van der Waals surface area (Å²) in [4.78, 5) is 26.3. The summed E-state index contributed by atoms with van der Waals surface area (Å²) in [5.74, 6) is 0.719. The SMILES string of the molecule is Cc1ccn(-c2ccc3c(c2)OCO3)c(=O)c1C(=O)Nc1cccc2cnn(C)c12. The predicted molar refractivity (Wildman–Crippen MR) is 112 cm³/mol. The fraction of sp³-hybridized carbons (Fsp3) is 0.136. The van der Waals surface area contributed by atoms with Crippen LogP contribution in [0.2, 0.25) is 0 Å². The summed E-state index contributed by atoms with van der Waals surface area (Å²) < 4.78 is 13.8. The van der Waals surface area contributed by atoms with Crippen molar-refractivity contribution in [1.29, 1.82) is 0 Å². The van der Waals surface area contributed by atoms with Gasteiger partial charge in [0.05, 0.1) is 23.1 Å². The molecule has 0 spiro atoms. The highest BCUT2D eigenvalue weighted by Crippen LogP contribution is 2.33. The van der Waals surface area contributed by atoms with E-state index in [0.29, 0.717) is 28.4 Å². The number of ether oxygens (including phenoxy) is 2. The monoisotopic (exact) mass is 402 g/mol. The van der Waals surface area contributed by atoms with Crippen LogP contribution in [0.4, 0.5) is 5.69 Å². The largest absolute Gasteiger partial charge is 0.454 e. The molecule has 30 heavy (non-hydrogen) atoms. The van der Waals surface area contributed by atoms with Gasteiger partial charge in [0.1, 0.15) is 5.56 Å². The van der Waals surface area contributed by atoms with Gasteiger partial charge in [-0.05, 0) is 36.8 Å². The van der Waals surface area contributed by atoms with E-state index in [9.17, 15) is 9.59 Å². The molecule has 3 heterocycles. The van der Waals surface area contributed by atoms with E-state index >= 15 is 0 Å². The van der Waals surface area contributed by atoms with Gasteiger partial charge >= 0.3 is 0 Å². The van der Waals surface area contributed by atoms with E-state index in [2.05, 4.69) is 10.4 Å². The molecular formula is C22H18N4O4. The van der Waals surface area contributed by atoms with E-state index in [1.807, 2.05) is 12.1 Å². The van der Waals surface area contributed by atoms with Crippen LogP contribution in [0.3, 0.4) is 0 Å². The molecule has 1 amide bonds. The van der Waals surface area contributed by atoms with Crippen molar-refractivity contribution in [1.82, 2.24) is 14.3 Å². The Morgan fingerprint density at radius 1 is 1.13 bits per heavy atom. The molecule has 0 bridgehead atoms. The summed E-state index contributed by atoms with van der Waals surface area (Å²) in [5.41, 5.74) is 2.22. The van der Waals surface area contributed by atoms with Gasteiger partial charge < -0.3 is 14.8 Å². The van der Waals surface area contributed by atoms with Crippen LogP contribution in [-0.2, 0) is 7.05 Å². The van der Waals surface area contributed by atoms with E-state index in [1.54, 1.807) is 61.4 Å². The number of pyridine rings is 1. The Morgan fingerprint density at radius 3 is 2.83 bits per heavy atom. The van der Waals surface area contributed by atoms with Gasteiger partial charge in [-0.2, -0.15) is 5.10 Å². The minimum atomic E-state index is -0.471. The van der Waals surface area contributed by atoms with Gasteiger partial charge in [-0.15, -0.1) is 0 Å². The smallest absolute Gasteiger partial charge is 0.268 e. The van der Waals surface area contributed by atoms with Crippen LogP contribution >= 0.6 is 0 Å². The summed E-state index contributed by atoms with van der Waals surface area (Å²) in [7, 11) is 1.80. The lowest BCUT2D eigenvalue weighted by Gasteiger charge is -2.12. The molecule has 5 rings (SSSR count). The molecule has 1 aliphatic heterocycles. The number of aryl methyl sites for hydroxylation is 2. The first-order chi connectivity index (χ1) is 14.5. The average Bonchev–Trinajstić information content (AvgIpc) is 3.35. The van der Waals surface area contributed by atoms with Crippen molar-refractivity contribution < 1.29 is 14.3 Å². The van der Waals surface area contributed by atoms with Crippen molar-refractivity contribution in [3.05, 3.63) is 76.3 Å². The molecule has 150 valence electrons. The quantitative estimate of drug-likeness (QED) is 0.569. The highest BCUT2D eigenvalue weighted by atomic mass is 16.7. The van der Waals surface area contributed by atoms with Crippen LogP contribution in [-0.4, -0.2) is 27.0 Å². The zero-order valence-electron chi connectivity index (χ0n) is 16.4. The minimum absolute atomic E-state index is 0.0781. The Hall–Kier alpha value is -4.07. The molecular weight excluding hydrogens is 384 g/mol. The van der Waals surface area contributed by atoms with Gasteiger partial charge in [-0.25, -0.2) is 0 Å². The Balaban J connectivity index is 1.56. The minimum Gasteiger partial charge on any atom is -0.454 e. The molecule has 0 saturated carbocycles. The van der Waals surface area contributed by atoms with Crippen molar-refractivity contribution >= 4 is 22.5 Å². The van der Waals surface area contributed by atoms with Crippen molar-refractivity contribution in [2.75, 3.05) is 12.1 Å². The second-order valence-electron chi connectivity index (χ2n) is 7.05. The zero-order chi connectivity index (χ0) is 20.8. The molecule has 2 aromatic carbocycles. The molecule has 0 radical (unpaired) electrons. The lowest BCUT2D eigenvalue weighted by Crippen LogP contribution is -2.29. The summed E-state index contributed by atoms with van der Waals surface area (Å²) in [6.07, 6.45) is 3.37. The molecule has 0 fully saturated rings. The van der Waals surface area contributed by atoms with E-state index in [0.717, 1.165) is 10.9 Å². The Morgan fingerprint density at radius 2 is 1.97 bits per heavy atom. The number of rotatable bonds is 3. The number of fused-ring (bicyclic) bond motifs is 2. The second-order valence-corrected chi connectivity index (χ2v) is 7.05. The molecule has 0 unspecified atom stereocenters. The maximum Gasteiger partial charge on any atom is 0.268 e. The Kier molecular flexibility index (Phi) is 4.06. The normalized spacial score (nSPS) is 12.3. The second kappa shape index (κ2) is 6.77. The van der Waals surface area contributed by atoms with Gasteiger partial charge in [0.25, 0.3) is 11.5 Å². The molecule has 8 heteroatoms. The van der Waals surface area contributed by atoms with Gasteiger partial charge in [-0.3, -0.25) is 18.8 Å². The van der Waals surface area contributed by atoms with Crippen LogP contribution in [0.25, 0.3) is 16.6 Å². The number of nitrogens with zero attached hydrogens (tertiary/aromatic N) is 3. The first-order valence-electron chi connectivity index (χ1n) is 9.37. The fourth-order valence-electron chi connectivity index (χ4n) is 3.66. The van der Waals surface area contributed by atoms with Crippen LogP contribution in [0.5, 0.6) is 11.5 Å². The topological polar surface area (TPSA) is 87.4 Å². The fourth-order valence-corrected chi connectivity index (χ4v) is 3.66. The maximum atomic E-state index is 13.2. The summed E-state index contributed by atoms with van der Waals surface area (Å²) in [6.45, 7) is 1.89. The molecule has 8 nitrogen and oxygen atoms in total. The number of benzene rings is 2. The number of hydrogen-bond donors (Lipinski definition) is 1. The highest BCUT2D eigenvalue weighted by Gasteiger charge is 2.20. The van der Waals surface area contributed by atoms with Crippen molar-refractivity contribution in [2.45, 2.75) is 6.92 Å². The molecule has 0 atom stereocenters. The number of hydrogen-bond acceptors (Lipinski definition) is 5. The van der Waals surface area contributed by atoms with Gasteiger partial charge in [-0.1, -0.05) is 12.1 Å². The van der Waals surface area contributed by atoms with E-state index in [-0.39, 0.29) is 12.4 Å². The van der Waals surface area contributed by atoms with Crippen LogP contribution in [0.1, 0.15) is 15.9 Å². The average molecular weight is 402 g/mol. The van der Waals surface area contributed by atoms with Crippen molar-refractivity contribution in [3.63, 3.8) is 0 Å². The predicted octanol–water partition coefficient (Wildman–Crippen LogP) is 3.01. The third-order valence-corrected chi connectivity index (χ3v) is 5.17.